The van der Waals surface area contributed by atoms with E-state index in [0.29, 0.717) is 46.8 Å². The van der Waals surface area contributed by atoms with Gasteiger partial charge in [-0.15, -0.1) is 0 Å². The summed E-state index contributed by atoms with van der Waals surface area (Å²) in [4.78, 5) is 16.5. The van der Waals surface area contributed by atoms with Gasteiger partial charge in [0.05, 0.1) is 18.2 Å². The van der Waals surface area contributed by atoms with E-state index in [2.05, 4.69) is 21.2 Å². The molecule has 1 fully saturated rings. The molecule has 40 heavy (non-hydrogen) atoms. The fourth-order valence-electron chi connectivity index (χ4n) is 7.28. The number of likely N-dealkylation sites (N-methyl/N-ethyl adjacent to an activating group) is 1. The van der Waals surface area contributed by atoms with Crippen LogP contribution in [0.3, 0.4) is 0 Å². The Balaban J connectivity index is 1.59. The minimum absolute atomic E-state index is 0.0318. The Bertz CT molecular complexity index is 1440. The van der Waals surface area contributed by atoms with Gasteiger partial charge in [-0.25, -0.2) is 0 Å². The number of rotatable bonds is 5. The standard InChI is InChI=1S/C29H34N4O7/c1-13-6-16-7-18-20(9-30)33-19(24(32(18)4)22(16)28(25(13)35)38-11-37-5)8-17-23(21(33)10-31-15(3)34)29-27(39-12-40-29)14(2)26(17)36/h6,18-21,24,35-36H,7-8,10-12H2,1-5H3,(H,31,34)/t18?,19-,20-,21?,24?/m0/s1. The fourth-order valence-corrected chi connectivity index (χ4v) is 7.28. The van der Waals surface area contributed by atoms with Gasteiger partial charge >= 0.3 is 0 Å². The summed E-state index contributed by atoms with van der Waals surface area (Å²) >= 11 is 0. The molecule has 2 aromatic rings. The van der Waals surface area contributed by atoms with Crippen LogP contribution in [0, 0.1) is 25.2 Å². The minimum atomic E-state index is -0.523. The Morgan fingerprint density at radius 3 is 2.62 bits per heavy atom. The van der Waals surface area contributed by atoms with E-state index in [-0.39, 0.29) is 55.7 Å². The van der Waals surface area contributed by atoms with Crippen molar-refractivity contribution in [2.24, 2.45) is 0 Å². The second-order valence-corrected chi connectivity index (χ2v) is 11.1. The molecule has 4 heterocycles. The van der Waals surface area contributed by atoms with Gasteiger partial charge in [0.2, 0.25) is 12.7 Å². The summed E-state index contributed by atoms with van der Waals surface area (Å²) in [5.74, 6) is 1.41. The molecule has 4 aliphatic rings. The molecule has 4 aliphatic heterocycles. The molecule has 2 bridgehead atoms. The number of nitriles is 1. The molecule has 0 spiro atoms. The third-order valence-electron chi connectivity index (χ3n) is 8.96. The van der Waals surface area contributed by atoms with Crippen molar-refractivity contribution in [1.29, 1.82) is 5.26 Å². The normalized spacial score (nSPS) is 26.4. The average Bonchev–Trinajstić information content (AvgIpc) is 3.41. The topological polar surface area (TPSA) is 137 Å². The first-order chi connectivity index (χ1) is 19.2. The highest BCUT2D eigenvalue weighted by molar-refractivity contribution is 5.73. The van der Waals surface area contributed by atoms with Gasteiger partial charge in [0.1, 0.15) is 11.8 Å². The first-order valence-electron chi connectivity index (χ1n) is 13.4. The van der Waals surface area contributed by atoms with Gasteiger partial charge in [-0.05, 0) is 44.9 Å². The molecule has 1 saturated heterocycles. The molecule has 3 N–H and O–H groups in total. The number of carbonyl (C=O) groups is 1. The number of piperazine rings is 1. The maximum absolute atomic E-state index is 12.1. The zero-order valence-corrected chi connectivity index (χ0v) is 23.3. The molecule has 6 rings (SSSR count). The number of phenols is 2. The molecule has 0 saturated carbocycles. The van der Waals surface area contributed by atoms with E-state index in [1.807, 2.05) is 20.0 Å². The van der Waals surface area contributed by atoms with Crippen molar-refractivity contribution >= 4 is 5.91 Å². The van der Waals surface area contributed by atoms with E-state index < -0.39 is 12.1 Å². The molecule has 0 radical (unpaired) electrons. The molecular weight excluding hydrogens is 516 g/mol. The average molecular weight is 551 g/mol. The molecule has 11 nitrogen and oxygen atoms in total. The van der Waals surface area contributed by atoms with Crippen LogP contribution in [0.1, 0.15) is 52.4 Å². The highest BCUT2D eigenvalue weighted by Gasteiger charge is 2.56. The SMILES string of the molecule is COCOc1c(O)c(C)cc2c1C1[C@@H]3Cc4c(O)c(C)c5c(c4C(CNC(C)=O)N3[C@@H](C#N)C(C2)N1C)OCO5. The number of hydrogen-bond donors (Lipinski definition) is 3. The zero-order chi connectivity index (χ0) is 28.5. The first kappa shape index (κ1) is 26.5. The number of aryl methyl sites for hydroxylation is 1. The predicted octanol–water partition coefficient (Wildman–Crippen LogP) is 2.33. The number of carbonyl (C=O) groups excluding carboxylic acids is 1. The minimum Gasteiger partial charge on any atom is -0.507 e. The van der Waals surface area contributed by atoms with Crippen LogP contribution < -0.4 is 19.5 Å². The Hall–Kier alpha value is -3.72. The van der Waals surface area contributed by atoms with E-state index >= 15 is 0 Å². The monoisotopic (exact) mass is 550 g/mol. The number of amides is 1. The second-order valence-electron chi connectivity index (χ2n) is 11.1. The van der Waals surface area contributed by atoms with Crippen molar-refractivity contribution in [2.45, 2.75) is 63.8 Å². The lowest BCUT2D eigenvalue weighted by Crippen LogP contribution is -2.68. The number of fused-ring (bicyclic) bond motifs is 9. The number of nitrogens with one attached hydrogen (secondary N) is 1. The highest BCUT2D eigenvalue weighted by Crippen LogP contribution is 2.58. The number of methoxy groups -OCH3 is 1. The van der Waals surface area contributed by atoms with Gasteiger partial charge in [-0.1, -0.05) is 6.07 Å². The maximum Gasteiger partial charge on any atom is 0.231 e. The van der Waals surface area contributed by atoms with Crippen LogP contribution in [0.4, 0.5) is 0 Å². The Kier molecular flexibility index (Phi) is 6.45. The number of phenolic OH excluding ortho intramolecular Hbond substituents is 2. The second kappa shape index (κ2) is 9.73. The highest BCUT2D eigenvalue weighted by atomic mass is 16.7. The van der Waals surface area contributed by atoms with Crippen LogP contribution in [0.15, 0.2) is 6.07 Å². The number of benzene rings is 2. The molecule has 11 heteroatoms. The van der Waals surface area contributed by atoms with Crippen LogP contribution in [0.5, 0.6) is 28.7 Å². The van der Waals surface area contributed by atoms with E-state index in [0.717, 1.165) is 16.7 Å². The van der Waals surface area contributed by atoms with Crippen LogP contribution >= 0.6 is 0 Å². The molecule has 2 aromatic carbocycles. The fraction of sp³-hybridized carbons (Fsp3) is 0.517. The summed E-state index contributed by atoms with van der Waals surface area (Å²) < 4.78 is 22.9. The van der Waals surface area contributed by atoms with Crippen molar-refractivity contribution in [3.8, 4) is 34.8 Å². The van der Waals surface area contributed by atoms with Gasteiger partial charge in [0.25, 0.3) is 0 Å². The first-order valence-corrected chi connectivity index (χ1v) is 13.4. The van der Waals surface area contributed by atoms with Crippen LogP contribution in [0.2, 0.25) is 0 Å². The van der Waals surface area contributed by atoms with E-state index in [4.69, 9.17) is 18.9 Å². The summed E-state index contributed by atoms with van der Waals surface area (Å²) in [6.07, 6.45) is 0.984. The molecule has 212 valence electrons. The van der Waals surface area contributed by atoms with Crippen molar-refractivity contribution in [3.05, 3.63) is 39.4 Å². The summed E-state index contributed by atoms with van der Waals surface area (Å²) in [5.41, 5.74) is 4.61. The smallest absolute Gasteiger partial charge is 0.231 e. The Morgan fingerprint density at radius 2 is 1.93 bits per heavy atom. The van der Waals surface area contributed by atoms with Crippen LogP contribution in [-0.4, -0.2) is 78.3 Å². The molecule has 0 aliphatic carbocycles. The quantitative estimate of drug-likeness (QED) is 0.476. The van der Waals surface area contributed by atoms with Crippen LogP contribution in [-0.2, 0) is 22.4 Å². The predicted molar refractivity (Wildman–Crippen MR) is 142 cm³/mol. The summed E-state index contributed by atoms with van der Waals surface area (Å²) in [6, 6.07) is 2.82. The Morgan fingerprint density at radius 1 is 1.18 bits per heavy atom. The van der Waals surface area contributed by atoms with Crippen molar-refractivity contribution < 1.29 is 34.0 Å². The lowest BCUT2D eigenvalue weighted by molar-refractivity contribution is -0.120. The number of aromatic hydroxyl groups is 2. The number of ether oxygens (including phenoxy) is 4. The number of nitrogens with zero attached hydrogens (tertiary/aromatic N) is 3. The lowest BCUT2D eigenvalue weighted by atomic mass is 9.71. The molecule has 1 amide bonds. The van der Waals surface area contributed by atoms with Crippen molar-refractivity contribution in [1.82, 2.24) is 15.1 Å². The van der Waals surface area contributed by atoms with E-state index in [9.17, 15) is 20.3 Å². The van der Waals surface area contributed by atoms with Crippen molar-refractivity contribution in [3.63, 3.8) is 0 Å². The maximum atomic E-state index is 12.1. The molecule has 3 unspecified atom stereocenters. The summed E-state index contributed by atoms with van der Waals surface area (Å²) in [7, 11) is 3.53. The van der Waals surface area contributed by atoms with Gasteiger partial charge in [-0.2, -0.15) is 5.26 Å². The summed E-state index contributed by atoms with van der Waals surface area (Å²) in [5, 5.41) is 36.1. The molecule has 0 aromatic heterocycles. The van der Waals surface area contributed by atoms with Gasteiger partial charge < -0.3 is 34.5 Å². The largest absolute Gasteiger partial charge is 0.507 e. The molecule has 5 atom stereocenters. The van der Waals surface area contributed by atoms with E-state index in [1.54, 1.807) is 6.92 Å². The molecular formula is C29H34N4O7. The zero-order valence-electron chi connectivity index (χ0n) is 23.3. The van der Waals surface area contributed by atoms with Gasteiger partial charge in [-0.3, -0.25) is 14.6 Å². The summed E-state index contributed by atoms with van der Waals surface area (Å²) in [6.45, 7) is 5.31. The third-order valence-corrected chi connectivity index (χ3v) is 8.96. The lowest BCUT2D eigenvalue weighted by Gasteiger charge is -2.60. The van der Waals surface area contributed by atoms with Gasteiger partial charge in [0.15, 0.2) is 29.8 Å². The van der Waals surface area contributed by atoms with Crippen LogP contribution in [0.25, 0.3) is 0 Å². The van der Waals surface area contributed by atoms with E-state index in [1.165, 1.54) is 14.0 Å². The van der Waals surface area contributed by atoms with Gasteiger partial charge in [0, 0.05) is 54.9 Å². The Labute approximate surface area is 232 Å². The third kappa shape index (κ3) is 3.70. The van der Waals surface area contributed by atoms with Crippen molar-refractivity contribution in [2.75, 3.05) is 34.3 Å². The number of hydrogen-bond acceptors (Lipinski definition) is 10.